The molecule has 0 aromatic heterocycles. The number of phenols is 1. The molecular formula is C11H10O3. The summed E-state index contributed by atoms with van der Waals surface area (Å²) >= 11 is 0. The van der Waals surface area contributed by atoms with E-state index in [1.54, 1.807) is 36.4 Å². The number of fused-ring (bicyclic) bond motifs is 1. The molecule has 0 unspecified atom stereocenters. The predicted octanol–water partition coefficient (Wildman–Crippen LogP) is 1.53. The van der Waals surface area contributed by atoms with Gasteiger partial charge >= 0.3 is 0 Å². The van der Waals surface area contributed by atoms with Gasteiger partial charge in [-0.3, -0.25) is 0 Å². The van der Waals surface area contributed by atoms with Crippen molar-refractivity contribution in [1.29, 1.82) is 0 Å². The minimum atomic E-state index is -1.45. The van der Waals surface area contributed by atoms with Gasteiger partial charge < -0.3 is 15.3 Å². The summed E-state index contributed by atoms with van der Waals surface area (Å²) in [5.74, 6) is 0.204. The maximum absolute atomic E-state index is 9.21. The average Bonchev–Trinajstić information content (AvgIpc) is 2.16. The lowest BCUT2D eigenvalue weighted by Crippen LogP contribution is -1.93. The maximum Gasteiger partial charge on any atom is 0.178 e. The zero-order valence-corrected chi connectivity index (χ0v) is 7.38. The summed E-state index contributed by atoms with van der Waals surface area (Å²) in [5, 5.41) is 28.8. The molecule has 72 valence electrons. The number of aromatic hydroxyl groups is 1. The number of rotatable bonds is 1. The lowest BCUT2D eigenvalue weighted by Gasteiger charge is -2.05. The molecular weight excluding hydrogens is 180 g/mol. The van der Waals surface area contributed by atoms with Crippen molar-refractivity contribution in [3.05, 3.63) is 42.0 Å². The first kappa shape index (κ1) is 8.99. The van der Waals surface area contributed by atoms with Gasteiger partial charge in [0.1, 0.15) is 5.75 Å². The van der Waals surface area contributed by atoms with E-state index in [1.807, 2.05) is 0 Å². The average molecular weight is 190 g/mol. The Morgan fingerprint density at radius 2 is 1.50 bits per heavy atom. The van der Waals surface area contributed by atoms with Crippen molar-refractivity contribution in [2.24, 2.45) is 0 Å². The normalized spacial score (nSPS) is 11.1. The van der Waals surface area contributed by atoms with E-state index in [-0.39, 0.29) is 5.75 Å². The standard InChI is InChI=1S/C11H10O3/c12-10-4-3-7-5-9(11(13)14)2-1-8(7)6-10/h1-6,11-14H. The van der Waals surface area contributed by atoms with E-state index in [0.717, 1.165) is 10.8 Å². The molecule has 0 fully saturated rings. The Labute approximate surface area is 80.9 Å². The van der Waals surface area contributed by atoms with Gasteiger partial charge in [-0.2, -0.15) is 0 Å². The van der Waals surface area contributed by atoms with E-state index < -0.39 is 6.29 Å². The third-order valence-electron chi connectivity index (χ3n) is 2.15. The maximum atomic E-state index is 9.21. The fourth-order valence-electron chi connectivity index (χ4n) is 1.41. The highest BCUT2D eigenvalue weighted by molar-refractivity contribution is 5.84. The lowest BCUT2D eigenvalue weighted by atomic mass is 10.1. The van der Waals surface area contributed by atoms with Gasteiger partial charge in [0.15, 0.2) is 6.29 Å². The molecule has 0 saturated carbocycles. The zero-order valence-electron chi connectivity index (χ0n) is 7.38. The van der Waals surface area contributed by atoms with Gasteiger partial charge in [-0.15, -0.1) is 0 Å². The van der Waals surface area contributed by atoms with Crippen LogP contribution in [0.25, 0.3) is 10.8 Å². The van der Waals surface area contributed by atoms with Gasteiger partial charge in [-0.05, 0) is 29.0 Å². The first-order valence-corrected chi connectivity index (χ1v) is 4.25. The van der Waals surface area contributed by atoms with Crippen molar-refractivity contribution in [3.8, 4) is 5.75 Å². The summed E-state index contributed by atoms with van der Waals surface area (Å²) in [6.07, 6.45) is -1.45. The van der Waals surface area contributed by atoms with E-state index in [9.17, 15) is 5.11 Å². The number of hydrogen-bond acceptors (Lipinski definition) is 3. The van der Waals surface area contributed by atoms with Gasteiger partial charge in [-0.25, -0.2) is 0 Å². The monoisotopic (exact) mass is 190 g/mol. The van der Waals surface area contributed by atoms with Crippen molar-refractivity contribution in [3.63, 3.8) is 0 Å². The molecule has 3 N–H and O–H groups in total. The topological polar surface area (TPSA) is 60.7 Å². The minimum Gasteiger partial charge on any atom is -0.508 e. The van der Waals surface area contributed by atoms with Crippen molar-refractivity contribution in [2.75, 3.05) is 0 Å². The fourth-order valence-corrected chi connectivity index (χ4v) is 1.41. The molecule has 2 aromatic carbocycles. The van der Waals surface area contributed by atoms with Gasteiger partial charge in [-0.1, -0.05) is 18.2 Å². The third kappa shape index (κ3) is 1.55. The van der Waals surface area contributed by atoms with Crippen molar-refractivity contribution < 1.29 is 15.3 Å². The van der Waals surface area contributed by atoms with Crippen LogP contribution in [0.1, 0.15) is 11.9 Å². The highest BCUT2D eigenvalue weighted by Gasteiger charge is 2.03. The molecule has 0 heterocycles. The molecule has 0 spiro atoms. The second kappa shape index (κ2) is 3.29. The summed E-state index contributed by atoms with van der Waals surface area (Å²) < 4.78 is 0. The van der Waals surface area contributed by atoms with Crippen molar-refractivity contribution >= 4 is 10.8 Å². The summed E-state index contributed by atoms with van der Waals surface area (Å²) in [7, 11) is 0. The Morgan fingerprint density at radius 3 is 2.21 bits per heavy atom. The van der Waals surface area contributed by atoms with Crippen molar-refractivity contribution in [2.45, 2.75) is 6.29 Å². The van der Waals surface area contributed by atoms with E-state index in [1.165, 1.54) is 0 Å². The van der Waals surface area contributed by atoms with Crippen LogP contribution < -0.4 is 0 Å². The molecule has 0 saturated heterocycles. The highest BCUT2D eigenvalue weighted by atomic mass is 16.5. The van der Waals surface area contributed by atoms with Crippen LogP contribution in [0.3, 0.4) is 0 Å². The van der Waals surface area contributed by atoms with E-state index in [4.69, 9.17) is 10.2 Å². The van der Waals surface area contributed by atoms with Crippen LogP contribution in [0, 0.1) is 0 Å². The smallest absolute Gasteiger partial charge is 0.178 e. The van der Waals surface area contributed by atoms with Crippen LogP contribution in [0.4, 0.5) is 0 Å². The highest BCUT2D eigenvalue weighted by Crippen LogP contribution is 2.22. The number of benzene rings is 2. The number of aliphatic hydroxyl groups excluding tert-OH is 1. The van der Waals surface area contributed by atoms with Crippen molar-refractivity contribution in [1.82, 2.24) is 0 Å². The van der Waals surface area contributed by atoms with E-state index >= 15 is 0 Å². The molecule has 0 aliphatic heterocycles. The molecule has 0 atom stereocenters. The summed E-state index contributed by atoms with van der Waals surface area (Å²) in [4.78, 5) is 0. The first-order chi connectivity index (χ1) is 6.66. The quantitative estimate of drug-likeness (QED) is 0.597. The fraction of sp³-hybridized carbons (Fsp3) is 0.0909. The summed E-state index contributed by atoms with van der Waals surface area (Å²) in [5.41, 5.74) is 0.447. The summed E-state index contributed by atoms with van der Waals surface area (Å²) in [6, 6.07) is 9.96. The second-order valence-electron chi connectivity index (χ2n) is 3.16. The number of hydrogen-bond donors (Lipinski definition) is 3. The Balaban J connectivity index is 2.62. The van der Waals surface area contributed by atoms with Crippen LogP contribution in [-0.2, 0) is 0 Å². The van der Waals surface area contributed by atoms with E-state index in [2.05, 4.69) is 0 Å². The molecule has 0 aliphatic rings. The molecule has 3 heteroatoms. The van der Waals surface area contributed by atoms with Gasteiger partial charge in [0.2, 0.25) is 0 Å². The lowest BCUT2D eigenvalue weighted by molar-refractivity contribution is -0.0423. The molecule has 0 aliphatic carbocycles. The van der Waals surface area contributed by atoms with Crippen LogP contribution in [0.2, 0.25) is 0 Å². The Hall–Kier alpha value is -1.58. The SMILES string of the molecule is Oc1ccc2cc(C(O)O)ccc2c1. The van der Waals surface area contributed by atoms with Crippen LogP contribution in [0.5, 0.6) is 5.75 Å². The minimum absolute atomic E-state index is 0.204. The van der Waals surface area contributed by atoms with E-state index in [0.29, 0.717) is 5.56 Å². The van der Waals surface area contributed by atoms with Gasteiger partial charge in [0, 0.05) is 5.56 Å². The van der Waals surface area contributed by atoms with Crippen LogP contribution in [0.15, 0.2) is 36.4 Å². The second-order valence-corrected chi connectivity index (χ2v) is 3.16. The molecule has 14 heavy (non-hydrogen) atoms. The largest absolute Gasteiger partial charge is 0.508 e. The molecule has 0 amide bonds. The Bertz CT molecular complexity index is 463. The molecule has 2 rings (SSSR count). The molecule has 0 radical (unpaired) electrons. The molecule has 0 bridgehead atoms. The first-order valence-electron chi connectivity index (χ1n) is 4.25. The summed E-state index contributed by atoms with van der Waals surface area (Å²) in [6.45, 7) is 0. The zero-order chi connectivity index (χ0) is 10.1. The van der Waals surface area contributed by atoms with Gasteiger partial charge in [0.25, 0.3) is 0 Å². The third-order valence-corrected chi connectivity index (χ3v) is 2.15. The van der Waals surface area contributed by atoms with Crippen LogP contribution >= 0.6 is 0 Å². The van der Waals surface area contributed by atoms with Gasteiger partial charge in [0.05, 0.1) is 0 Å². The number of phenolic OH excluding ortho intramolecular Hbond substituents is 1. The predicted molar refractivity (Wildman–Crippen MR) is 52.8 cm³/mol. The molecule has 3 nitrogen and oxygen atoms in total. The number of aliphatic hydroxyl groups is 2. The van der Waals surface area contributed by atoms with Crippen LogP contribution in [-0.4, -0.2) is 15.3 Å². The Kier molecular flexibility index (Phi) is 2.11. The molecule has 2 aromatic rings. The Morgan fingerprint density at radius 1 is 0.857 bits per heavy atom.